The van der Waals surface area contributed by atoms with Crippen molar-refractivity contribution in [3.8, 4) is 0 Å². The Morgan fingerprint density at radius 3 is 2.40 bits per heavy atom. The highest BCUT2D eigenvalue weighted by Crippen LogP contribution is 2.27. The number of hydrogen-bond donors (Lipinski definition) is 1. The Kier molecular flexibility index (Phi) is 1.24. The van der Waals surface area contributed by atoms with Gasteiger partial charge in [-0.05, 0) is 32.2 Å². The van der Waals surface area contributed by atoms with E-state index < -0.39 is 0 Å². The molecule has 1 N–H and O–H groups in total. The van der Waals surface area contributed by atoms with Gasteiger partial charge in [-0.15, -0.1) is 0 Å². The van der Waals surface area contributed by atoms with E-state index in [1.165, 1.54) is 25.9 Å². The molecule has 56 valence electrons. The van der Waals surface area contributed by atoms with Crippen LogP contribution >= 0.6 is 0 Å². The van der Waals surface area contributed by atoms with Gasteiger partial charge in [0.15, 0.2) is 0 Å². The zero-order valence-electron chi connectivity index (χ0n) is 6.43. The minimum absolute atomic E-state index is 0.409. The van der Waals surface area contributed by atoms with Gasteiger partial charge in [0.2, 0.25) is 0 Å². The maximum atomic E-state index is 3.37. The number of nitrogens with one attached hydrogen (secondary N) is 1. The van der Waals surface area contributed by atoms with Crippen LogP contribution in [0, 0.1) is 0 Å². The van der Waals surface area contributed by atoms with E-state index in [0.29, 0.717) is 5.54 Å². The molecular formula is C8H14N2. The first-order chi connectivity index (χ1) is 4.81. The molecule has 1 saturated heterocycles. The molecule has 2 heteroatoms. The highest BCUT2D eigenvalue weighted by Gasteiger charge is 2.33. The Hall–Kier alpha value is -0.500. The molecule has 2 aliphatic heterocycles. The SMILES string of the molecule is CN1CCC2(C=CN2)CC1. The first kappa shape index (κ1) is 6.23. The van der Waals surface area contributed by atoms with Gasteiger partial charge < -0.3 is 10.2 Å². The van der Waals surface area contributed by atoms with E-state index in [9.17, 15) is 0 Å². The van der Waals surface area contributed by atoms with Gasteiger partial charge in [-0.2, -0.15) is 0 Å². The van der Waals surface area contributed by atoms with E-state index in [4.69, 9.17) is 0 Å². The fraction of sp³-hybridized carbons (Fsp3) is 0.750. The third kappa shape index (κ3) is 0.833. The molecule has 2 rings (SSSR count). The van der Waals surface area contributed by atoms with E-state index in [0.717, 1.165) is 0 Å². The van der Waals surface area contributed by atoms with E-state index in [1.807, 2.05) is 0 Å². The minimum atomic E-state index is 0.409. The summed E-state index contributed by atoms with van der Waals surface area (Å²) in [6, 6.07) is 0. The molecule has 1 spiro atoms. The van der Waals surface area contributed by atoms with Gasteiger partial charge in [-0.1, -0.05) is 0 Å². The first-order valence-corrected chi connectivity index (χ1v) is 3.95. The van der Waals surface area contributed by atoms with Crippen LogP contribution < -0.4 is 5.32 Å². The van der Waals surface area contributed by atoms with Crippen molar-refractivity contribution >= 4 is 0 Å². The van der Waals surface area contributed by atoms with E-state index in [-0.39, 0.29) is 0 Å². The summed E-state index contributed by atoms with van der Waals surface area (Å²) in [4.78, 5) is 2.39. The molecule has 2 aliphatic rings. The van der Waals surface area contributed by atoms with Crippen molar-refractivity contribution in [3.63, 3.8) is 0 Å². The van der Waals surface area contributed by atoms with Crippen molar-refractivity contribution < 1.29 is 0 Å². The summed E-state index contributed by atoms with van der Waals surface area (Å²) >= 11 is 0. The predicted molar refractivity (Wildman–Crippen MR) is 41.7 cm³/mol. The van der Waals surface area contributed by atoms with Crippen molar-refractivity contribution in [1.29, 1.82) is 0 Å². The Balaban J connectivity index is 1.97. The third-order valence-corrected chi connectivity index (χ3v) is 2.65. The molecule has 0 aliphatic carbocycles. The summed E-state index contributed by atoms with van der Waals surface area (Å²) in [5.74, 6) is 0. The second-order valence-corrected chi connectivity index (χ2v) is 3.44. The van der Waals surface area contributed by atoms with Crippen molar-refractivity contribution in [2.75, 3.05) is 20.1 Å². The van der Waals surface area contributed by atoms with Crippen LogP contribution in [-0.4, -0.2) is 30.6 Å². The molecule has 1 fully saturated rings. The van der Waals surface area contributed by atoms with E-state index >= 15 is 0 Å². The van der Waals surface area contributed by atoms with Crippen LogP contribution in [-0.2, 0) is 0 Å². The molecule has 2 nitrogen and oxygen atoms in total. The molecule has 0 aromatic carbocycles. The van der Waals surface area contributed by atoms with Crippen molar-refractivity contribution in [3.05, 3.63) is 12.3 Å². The Bertz CT molecular complexity index is 155. The highest BCUT2D eigenvalue weighted by atomic mass is 15.1. The normalized spacial score (nSPS) is 29.7. The summed E-state index contributed by atoms with van der Waals surface area (Å²) in [7, 11) is 2.19. The van der Waals surface area contributed by atoms with E-state index in [2.05, 4.69) is 29.5 Å². The van der Waals surface area contributed by atoms with Gasteiger partial charge in [0.25, 0.3) is 0 Å². The molecule has 0 atom stereocenters. The topological polar surface area (TPSA) is 15.3 Å². The Morgan fingerprint density at radius 1 is 1.40 bits per heavy atom. The second-order valence-electron chi connectivity index (χ2n) is 3.44. The van der Waals surface area contributed by atoms with Crippen LogP contribution in [0.5, 0.6) is 0 Å². The molecule has 0 radical (unpaired) electrons. The lowest BCUT2D eigenvalue weighted by Crippen LogP contribution is -2.53. The number of nitrogens with zero attached hydrogens (tertiary/aromatic N) is 1. The maximum absolute atomic E-state index is 3.37. The molecule has 0 amide bonds. The molecule has 2 heterocycles. The molecule has 0 aromatic heterocycles. The van der Waals surface area contributed by atoms with Crippen LogP contribution in [0.3, 0.4) is 0 Å². The lowest BCUT2D eigenvalue weighted by molar-refractivity contribution is 0.189. The zero-order chi connectivity index (χ0) is 7.03. The summed E-state index contributed by atoms with van der Waals surface area (Å²) in [6.45, 7) is 2.47. The lowest BCUT2D eigenvalue weighted by Gasteiger charge is -2.43. The van der Waals surface area contributed by atoms with Gasteiger partial charge in [-0.3, -0.25) is 0 Å². The molecule has 0 bridgehead atoms. The molecule has 0 saturated carbocycles. The van der Waals surface area contributed by atoms with Gasteiger partial charge in [0.1, 0.15) is 0 Å². The third-order valence-electron chi connectivity index (χ3n) is 2.65. The molecule has 0 aromatic rings. The molecular weight excluding hydrogens is 124 g/mol. The van der Waals surface area contributed by atoms with Crippen LogP contribution in [0.2, 0.25) is 0 Å². The van der Waals surface area contributed by atoms with Gasteiger partial charge in [0.05, 0.1) is 5.54 Å². The van der Waals surface area contributed by atoms with Crippen molar-refractivity contribution in [2.24, 2.45) is 0 Å². The van der Waals surface area contributed by atoms with Crippen molar-refractivity contribution in [1.82, 2.24) is 10.2 Å². The smallest absolute Gasteiger partial charge is 0.0591 e. The number of rotatable bonds is 0. The summed E-state index contributed by atoms with van der Waals surface area (Å²) in [5, 5.41) is 3.37. The monoisotopic (exact) mass is 138 g/mol. The molecule has 10 heavy (non-hydrogen) atoms. The van der Waals surface area contributed by atoms with Crippen molar-refractivity contribution in [2.45, 2.75) is 18.4 Å². The number of hydrogen-bond acceptors (Lipinski definition) is 2. The standard InChI is InChI=1S/C8H14N2/c1-10-6-3-8(4-7-10)2-5-9-8/h2,5,9H,3-4,6-7H2,1H3. The fourth-order valence-electron chi connectivity index (χ4n) is 1.65. The largest absolute Gasteiger partial charge is 0.382 e. The Labute approximate surface area is 61.9 Å². The second kappa shape index (κ2) is 1.99. The van der Waals surface area contributed by atoms with E-state index in [1.54, 1.807) is 0 Å². The van der Waals surface area contributed by atoms with Gasteiger partial charge in [-0.25, -0.2) is 0 Å². The fourth-order valence-corrected chi connectivity index (χ4v) is 1.65. The average Bonchev–Trinajstić information content (AvgIpc) is 1.86. The van der Waals surface area contributed by atoms with Crippen LogP contribution in [0.25, 0.3) is 0 Å². The summed E-state index contributed by atoms with van der Waals surface area (Å²) in [6.07, 6.45) is 6.92. The summed E-state index contributed by atoms with van der Waals surface area (Å²) < 4.78 is 0. The maximum Gasteiger partial charge on any atom is 0.0591 e. The number of likely N-dealkylation sites (tertiary alicyclic amines) is 1. The zero-order valence-corrected chi connectivity index (χ0v) is 6.43. The first-order valence-electron chi connectivity index (χ1n) is 3.95. The Morgan fingerprint density at radius 2 is 2.00 bits per heavy atom. The minimum Gasteiger partial charge on any atom is -0.382 e. The van der Waals surface area contributed by atoms with Crippen LogP contribution in [0.1, 0.15) is 12.8 Å². The van der Waals surface area contributed by atoms with Gasteiger partial charge in [0, 0.05) is 13.1 Å². The number of piperidine rings is 1. The quantitative estimate of drug-likeness (QED) is 0.526. The highest BCUT2D eigenvalue weighted by molar-refractivity contribution is 5.18. The predicted octanol–water partition coefficient (Wildman–Crippen LogP) is 0.568. The summed E-state index contributed by atoms with van der Waals surface area (Å²) in [5.41, 5.74) is 0.409. The molecule has 0 unspecified atom stereocenters. The lowest BCUT2D eigenvalue weighted by atomic mass is 9.84. The van der Waals surface area contributed by atoms with Crippen LogP contribution in [0.15, 0.2) is 12.3 Å². The average molecular weight is 138 g/mol. The van der Waals surface area contributed by atoms with Gasteiger partial charge >= 0.3 is 0 Å². The van der Waals surface area contributed by atoms with Crippen LogP contribution in [0.4, 0.5) is 0 Å².